The fourth-order valence-electron chi connectivity index (χ4n) is 5.53. The number of hydrogen-bond donors (Lipinski definition) is 3. The maximum atomic E-state index is 12.0. The van der Waals surface area contributed by atoms with Crippen LogP contribution in [0.4, 0.5) is 0 Å². The molecule has 0 rings (SSSR count). The first-order valence-electron chi connectivity index (χ1n) is 20.2. The third-order valence-electron chi connectivity index (χ3n) is 8.71. The van der Waals surface area contributed by atoms with Crippen molar-refractivity contribution in [3.8, 4) is 0 Å². The monoisotopic (exact) mass is 705 g/mol. The normalized spacial score (nSPS) is 14.1. The van der Waals surface area contributed by atoms with Crippen LogP contribution in [0.3, 0.4) is 0 Å². The number of esters is 2. The summed E-state index contributed by atoms with van der Waals surface area (Å²) in [5, 5.41) is 30.4. The molecule has 0 aliphatic carbocycles. The van der Waals surface area contributed by atoms with E-state index < -0.39 is 24.3 Å². The molecular formula is C43H76O7. The van der Waals surface area contributed by atoms with Gasteiger partial charge in [-0.15, -0.1) is 0 Å². The fourth-order valence-corrected chi connectivity index (χ4v) is 5.53. The maximum absolute atomic E-state index is 12.0. The third kappa shape index (κ3) is 35.6. The zero-order chi connectivity index (χ0) is 36.9. The molecule has 0 amide bonds. The van der Waals surface area contributed by atoms with Crippen LogP contribution in [0.1, 0.15) is 175 Å². The number of carbonyl (C=O) groups is 2. The van der Waals surface area contributed by atoms with Gasteiger partial charge in [-0.05, 0) is 57.3 Å². The van der Waals surface area contributed by atoms with Gasteiger partial charge in [0.05, 0.1) is 12.2 Å². The van der Waals surface area contributed by atoms with Gasteiger partial charge in [-0.25, -0.2) is 0 Å². The van der Waals surface area contributed by atoms with Crippen LogP contribution in [0.25, 0.3) is 0 Å². The van der Waals surface area contributed by atoms with Gasteiger partial charge in [0.25, 0.3) is 0 Å². The largest absolute Gasteiger partial charge is 0.463 e. The van der Waals surface area contributed by atoms with E-state index in [0.29, 0.717) is 19.3 Å². The highest BCUT2D eigenvalue weighted by molar-refractivity contribution is 5.69. The standard InChI is InChI=1S/C43H76O7/c1-4-5-6-7-8-9-10-16-19-22-25-28-32-40(45)41(46)33-30-35-43(48)50-37-39(44)36-49-42(47)34-29-26-23-20-17-14-12-11-13-15-18-21-24-27-31-38(2)3/h5-6,8-9,16,19,25,28,38-41,44-46H,4,7,10-15,17-18,20-24,26-27,29-37H2,1-3H3/b6-5-,9-8-,19-16-,28-25-/t39-,40+,41+/m1/s1. The Hall–Kier alpha value is -2.22. The van der Waals surface area contributed by atoms with Crippen LogP contribution in [-0.4, -0.2) is 58.8 Å². The number of aliphatic hydroxyl groups excluding tert-OH is 3. The first kappa shape index (κ1) is 47.8. The summed E-state index contributed by atoms with van der Waals surface area (Å²) >= 11 is 0. The Balaban J connectivity index is 3.66. The van der Waals surface area contributed by atoms with E-state index in [0.717, 1.165) is 50.9 Å². The number of allylic oxidation sites excluding steroid dienone is 7. The lowest BCUT2D eigenvalue weighted by Gasteiger charge is -2.16. The molecule has 0 aliphatic rings. The molecule has 0 bridgehead atoms. The summed E-state index contributed by atoms with van der Waals surface area (Å²) in [5.41, 5.74) is 0. The van der Waals surface area contributed by atoms with Gasteiger partial charge in [0.2, 0.25) is 0 Å². The summed E-state index contributed by atoms with van der Waals surface area (Å²) in [6.07, 6.45) is 37.8. The van der Waals surface area contributed by atoms with Gasteiger partial charge in [-0.2, -0.15) is 0 Å². The van der Waals surface area contributed by atoms with Gasteiger partial charge < -0.3 is 24.8 Å². The minimum absolute atomic E-state index is 0.0685. The second kappa shape index (κ2) is 36.6. The van der Waals surface area contributed by atoms with Crippen molar-refractivity contribution < 1.29 is 34.4 Å². The number of hydrogen-bond acceptors (Lipinski definition) is 7. The summed E-state index contributed by atoms with van der Waals surface area (Å²) in [7, 11) is 0. The minimum Gasteiger partial charge on any atom is -0.463 e. The highest BCUT2D eigenvalue weighted by Gasteiger charge is 2.16. The Labute approximate surface area is 306 Å². The summed E-state index contributed by atoms with van der Waals surface area (Å²) in [5.74, 6) is -0.00228. The van der Waals surface area contributed by atoms with Gasteiger partial charge in [0.1, 0.15) is 19.3 Å². The zero-order valence-corrected chi connectivity index (χ0v) is 32.3. The summed E-state index contributed by atoms with van der Waals surface area (Å²) in [6.45, 7) is 6.28. The molecule has 290 valence electrons. The van der Waals surface area contributed by atoms with Crippen molar-refractivity contribution in [1.82, 2.24) is 0 Å². The second-order valence-corrected chi connectivity index (χ2v) is 14.2. The van der Waals surface area contributed by atoms with Gasteiger partial charge in [0, 0.05) is 12.8 Å². The Morgan fingerprint density at radius 3 is 1.36 bits per heavy atom. The average molecular weight is 705 g/mol. The van der Waals surface area contributed by atoms with Crippen LogP contribution in [-0.2, 0) is 19.1 Å². The molecular weight excluding hydrogens is 628 g/mol. The lowest BCUT2D eigenvalue weighted by molar-refractivity contribution is -0.152. The van der Waals surface area contributed by atoms with Crippen molar-refractivity contribution in [3.63, 3.8) is 0 Å². The molecule has 0 fully saturated rings. The van der Waals surface area contributed by atoms with E-state index in [9.17, 15) is 24.9 Å². The molecule has 3 N–H and O–H groups in total. The van der Waals surface area contributed by atoms with E-state index in [1.54, 1.807) is 0 Å². The summed E-state index contributed by atoms with van der Waals surface area (Å²) in [4.78, 5) is 24.0. The molecule has 0 radical (unpaired) electrons. The fraction of sp³-hybridized carbons (Fsp3) is 0.767. The highest BCUT2D eigenvalue weighted by atomic mass is 16.6. The molecule has 0 saturated heterocycles. The molecule has 0 heterocycles. The Morgan fingerprint density at radius 1 is 0.500 bits per heavy atom. The topological polar surface area (TPSA) is 113 Å². The number of unbranched alkanes of at least 4 members (excludes halogenated alkanes) is 13. The molecule has 0 aliphatic heterocycles. The molecule has 0 aromatic heterocycles. The van der Waals surface area contributed by atoms with Crippen LogP contribution in [0.5, 0.6) is 0 Å². The molecule has 0 spiro atoms. The number of aliphatic hydroxyl groups is 3. The van der Waals surface area contributed by atoms with Crippen molar-refractivity contribution in [2.75, 3.05) is 13.2 Å². The van der Waals surface area contributed by atoms with Crippen molar-refractivity contribution in [2.45, 2.75) is 193 Å². The van der Waals surface area contributed by atoms with Gasteiger partial charge in [-0.1, -0.05) is 159 Å². The SMILES string of the molecule is CC/C=C\C/C=C\C/C=C\C/C=C\C[C@H](O)[C@@H](O)CCCC(=O)OC[C@H](O)COC(=O)CCCCCCCCCCCCCCCCC(C)C. The predicted octanol–water partition coefficient (Wildman–Crippen LogP) is 10.4. The van der Waals surface area contributed by atoms with Crippen LogP contribution in [0.2, 0.25) is 0 Å². The third-order valence-corrected chi connectivity index (χ3v) is 8.71. The van der Waals surface area contributed by atoms with Crippen molar-refractivity contribution >= 4 is 11.9 Å². The Bertz CT molecular complexity index is 892. The van der Waals surface area contributed by atoms with Crippen LogP contribution < -0.4 is 0 Å². The first-order chi connectivity index (χ1) is 24.3. The van der Waals surface area contributed by atoms with Gasteiger partial charge in [-0.3, -0.25) is 9.59 Å². The second-order valence-electron chi connectivity index (χ2n) is 14.2. The smallest absolute Gasteiger partial charge is 0.305 e. The predicted molar refractivity (Wildman–Crippen MR) is 208 cm³/mol. The van der Waals surface area contributed by atoms with Crippen LogP contribution in [0, 0.1) is 5.92 Å². The molecule has 7 nitrogen and oxygen atoms in total. The zero-order valence-electron chi connectivity index (χ0n) is 32.3. The summed E-state index contributed by atoms with van der Waals surface area (Å²) < 4.78 is 10.2. The van der Waals surface area contributed by atoms with Crippen molar-refractivity contribution in [2.24, 2.45) is 5.92 Å². The summed E-state index contributed by atoms with van der Waals surface area (Å²) in [6, 6.07) is 0. The molecule has 0 aromatic carbocycles. The lowest BCUT2D eigenvalue weighted by Crippen LogP contribution is -2.26. The first-order valence-corrected chi connectivity index (χ1v) is 20.2. The number of ether oxygens (including phenoxy) is 2. The molecule has 50 heavy (non-hydrogen) atoms. The highest BCUT2D eigenvalue weighted by Crippen LogP contribution is 2.15. The van der Waals surface area contributed by atoms with E-state index in [-0.39, 0.29) is 32.0 Å². The molecule has 0 unspecified atom stereocenters. The Morgan fingerprint density at radius 2 is 0.900 bits per heavy atom. The molecule has 0 saturated carbocycles. The van der Waals surface area contributed by atoms with E-state index in [1.807, 2.05) is 12.2 Å². The lowest BCUT2D eigenvalue weighted by atomic mass is 10.0. The molecule has 0 aromatic rings. The average Bonchev–Trinajstić information content (AvgIpc) is 3.09. The number of carbonyl (C=O) groups excluding carboxylic acids is 2. The maximum Gasteiger partial charge on any atom is 0.305 e. The van der Waals surface area contributed by atoms with E-state index in [1.165, 1.54) is 77.0 Å². The van der Waals surface area contributed by atoms with E-state index >= 15 is 0 Å². The van der Waals surface area contributed by atoms with Gasteiger partial charge in [0.15, 0.2) is 0 Å². The minimum atomic E-state index is -1.07. The quantitative estimate of drug-likeness (QED) is 0.0342. The van der Waals surface area contributed by atoms with Crippen LogP contribution >= 0.6 is 0 Å². The number of rotatable bonds is 35. The van der Waals surface area contributed by atoms with Crippen molar-refractivity contribution in [1.29, 1.82) is 0 Å². The van der Waals surface area contributed by atoms with Crippen molar-refractivity contribution in [3.05, 3.63) is 48.6 Å². The molecule has 7 heteroatoms. The van der Waals surface area contributed by atoms with Gasteiger partial charge >= 0.3 is 11.9 Å². The Kier molecular flexibility index (Phi) is 34.9. The van der Waals surface area contributed by atoms with E-state index in [2.05, 4.69) is 57.2 Å². The van der Waals surface area contributed by atoms with Crippen LogP contribution in [0.15, 0.2) is 48.6 Å². The van der Waals surface area contributed by atoms with E-state index in [4.69, 9.17) is 9.47 Å². The molecule has 3 atom stereocenters.